The van der Waals surface area contributed by atoms with Gasteiger partial charge in [-0.1, -0.05) is 36.4 Å². The van der Waals surface area contributed by atoms with E-state index < -0.39 is 5.54 Å². The average Bonchev–Trinajstić information content (AvgIpc) is 2.54. The highest BCUT2D eigenvalue weighted by atomic mass is 16.2. The monoisotopic (exact) mass is 325 g/mol. The second-order valence-corrected chi connectivity index (χ2v) is 6.24. The molecule has 24 heavy (non-hydrogen) atoms. The van der Waals surface area contributed by atoms with Crippen molar-refractivity contribution in [3.8, 4) is 0 Å². The van der Waals surface area contributed by atoms with Crippen molar-refractivity contribution in [2.45, 2.75) is 32.2 Å². The first-order valence-corrected chi connectivity index (χ1v) is 7.94. The minimum atomic E-state index is -0.493. The first-order chi connectivity index (χ1) is 11.4. The first kappa shape index (κ1) is 17.5. The Balaban J connectivity index is 1.78. The Hall–Kier alpha value is -2.82. The standard InChI is InChI=1S/C19H23N3O2/c1-19(2,22-18(24)21-16-11-7-4-8-12-16)14-13-17(23)20-15-9-5-3-6-10-15/h3-12H,13-14H2,1-2H3,(H,20,23)(H2,21,22,24). The van der Waals surface area contributed by atoms with Crippen LogP contribution in [0.25, 0.3) is 0 Å². The van der Waals surface area contributed by atoms with Crippen LogP contribution in [0.2, 0.25) is 0 Å². The summed E-state index contributed by atoms with van der Waals surface area (Å²) in [6, 6.07) is 18.3. The van der Waals surface area contributed by atoms with Crippen LogP contribution in [-0.2, 0) is 4.79 Å². The van der Waals surface area contributed by atoms with Gasteiger partial charge in [0.15, 0.2) is 0 Å². The molecule has 0 atom stereocenters. The van der Waals surface area contributed by atoms with Crippen molar-refractivity contribution in [2.24, 2.45) is 0 Å². The van der Waals surface area contributed by atoms with E-state index in [1.54, 1.807) is 0 Å². The molecule has 2 aromatic carbocycles. The van der Waals surface area contributed by atoms with Gasteiger partial charge in [-0.15, -0.1) is 0 Å². The zero-order valence-electron chi connectivity index (χ0n) is 14.0. The topological polar surface area (TPSA) is 70.2 Å². The Morgan fingerprint density at radius 1 is 0.833 bits per heavy atom. The normalized spacial score (nSPS) is 10.8. The Morgan fingerprint density at radius 2 is 1.33 bits per heavy atom. The van der Waals surface area contributed by atoms with Gasteiger partial charge in [0, 0.05) is 23.3 Å². The second kappa shape index (κ2) is 8.15. The molecule has 5 heteroatoms. The van der Waals surface area contributed by atoms with Crippen LogP contribution in [0.15, 0.2) is 60.7 Å². The SMILES string of the molecule is CC(C)(CCC(=O)Nc1ccccc1)NC(=O)Nc1ccccc1. The molecule has 3 amide bonds. The lowest BCUT2D eigenvalue weighted by molar-refractivity contribution is -0.116. The maximum absolute atomic E-state index is 12.0. The van der Waals surface area contributed by atoms with Crippen molar-refractivity contribution in [1.29, 1.82) is 0 Å². The molecule has 0 spiro atoms. The fraction of sp³-hybridized carbons (Fsp3) is 0.263. The third kappa shape index (κ3) is 6.12. The molecule has 126 valence electrons. The quantitative estimate of drug-likeness (QED) is 0.751. The van der Waals surface area contributed by atoms with Gasteiger partial charge in [0.25, 0.3) is 0 Å². The number of amides is 3. The summed E-state index contributed by atoms with van der Waals surface area (Å²) < 4.78 is 0. The van der Waals surface area contributed by atoms with Crippen molar-refractivity contribution in [3.05, 3.63) is 60.7 Å². The predicted octanol–water partition coefficient (Wildman–Crippen LogP) is 4.01. The smallest absolute Gasteiger partial charge is 0.319 e. The van der Waals surface area contributed by atoms with Crippen molar-refractivity contribution in [3.63, 3.8) is 0 Å². The summed E-state index contributed by atoms with van der Waals surface area (Å²) in [4.78, 5) is 24.0. The maximum Gasteiger partial charge on any atom is 0.319 e. The zero-order valence-corrected chi connectivity index (χ0v) is 14.0. The van der Waals surface area contributed by atoms with E-state index in [0.29, 0.717) is 12.8 Å². The van der Waals surface area contributed by atoms with Gasteiger partial charge in [0.2, 0.25) is 5.91 Å². The molecule has 0 radical (unpaired) electrons. The summed E-state index contributed by atoms with van der Waals surface area (Å²) in [5.74, 6) is -0.0699. The first-order valence-electron chi connectivity index (χ1n) is 7.94. The molecule has 0 saturated heterocycles. The number of rotatable bonds is 6. The molecule has 0 saturated carbocycles. The van der Waals surface area contributed by atoms with Gasteiger partial charge < -0.3 is 16.0 Å². The van der Waals surface area contributed by atoms with Crippen LogP contribution < -0.4 is 16.0 Å². The number of anilines is 2. The molecule has 3 N–H and O–H groups in total. The van der Waals surface area contributed by atoms with Crippen LogP contribution >= 0.6 is 0 Å². The summed E-state index contributed by atoms with van der Waals surface area (Å²) >= 11 is 0. The molecule has 0 bridgehead atoms. The Labute approximate surface area is 142 Å². The molecule has 0 aliphatic carbocycles. The zero-order chi connectivity index (χ0) is 17.4. The van der Waals surface area contributed by atoms with Crippen LogP contribution in [0, 0.1) is 0 Å². The van der Waals surface area contributed by atoms with Gasteiger partial charge in [0.1, 0.15) is 0 Å². The molecule has 0 unspecified atom stereocenters. The molecule has 0 aromatic heterocycles. The fourth-order valence-electron chi connectivity index (χ4n) is 2.22. The number of hydrogen-bond acceptors (Lipinski definition) is 2. The lowest BCUT2D eigenvalue weighted by Crippen LogP contribution is -2.46. The minimum absolute atomic E-state index is 0.0699. The van der Waals surface area contributed by atoms with E-state index in [2.05, 4.69) is 16.0 Å². The molecule has 2 rings (SSSR count). The molecule has 0 fully saturated rings. The molecule has 0 aliphatic rings. The fourth-order valence-corrected chi connectivity index (χ4v) is 2.22. The van der Waals surface area contributed by atoms with E-state index in [1.165, 1.54) is 0 Å². The van der Waals surface area contributed by atoms with Gasteiger partial charge in [0.05, 0.1) is 0 Å². The molecular weight excluding hydrogens is 302 g/mol. The van der Waals surface area contributed by atoms with Crippen molar-refractivity contribution in [1.82, 2.24) is 5.32 Å². The van der Waals surface area contributed by atoms with E-state index in [1.807, 2.05) is 74.5 Å². The van der Waals surface area contributed by atoms with E-state index in [-0.39, 0.29) is 11.9 Å². The lowest BCUT2D eigenvalue weighted by Gasteiger charge is -2.26. The van der Waals surface area contributed by atoms with E-state index >= 15 is 0 Å². The molecule has 0 aliphatic heterocycles. The number of carbonyl (C=O) groups is 2. The molecular formula is C19H23N3O2. The number of benzene rings is 2. The van der Waals surface area contributed by atoms with E-state index in [0.717, 1.165) is 11.4 Å². The van der Waals surface area contributed by atoms with Crippen LogP contribution in [0.4, 0.5) is 16.2 Å². The number of nitrogens with one attached hydrogen (secondary N) is 3. The molecule has 5 nitrogen and oxygen atoms in total. The van der Waals surface area contributed by atoms with Gasteiger partial charge in [-0.25, -0.2) is 4.79 Å². The van der Waals surface area contributed by atoms with Crippen LogP contribution in [0.3, 0.4) is 0 Å². The summed E-state index contributed by atoms with van der Waals surface area (Å²) in [6.07, 6.45) is 0.862. The number of urea groups is 1. The number of hydrogen-bond donors (Lipinski definition) is 3. The van der Waals surface area contributed by atoms with Crippen LogP contribution in [0.5, 0.6) is 0 Å². The third-order valence-corrected chi connectivity index (χ3v) is 3.52. The average molecular weight is 325 g/mol. The van der Waals surface area contributed by atoms with Crippen LogP contribution in [0.1, 0.15) is 26.7 Å². The summed E-state index contributed by atoms with van der Waals surface area (Å²) in [6.45, 7) is 3.79. The van der Waals surface area contributed by atoms with Crippen LogP contribution in [-0.4, -0.2) is 17.5 Å². The highest BCUT2D eigenvalue weighted by Gasteiger charge is 2.21. The number of carbonyl (C=O) groups excluding carboxylic acids is 2. The predicted molar refractivity (Wildman–Crippen MR) is 97.0 cm³/mol. The highest BCUT2D eigenvalue weighted by Crippen LogP contribution is 2.14. The third-order valence-electron chi connectivity index (χ3n) is 3.52. The second-order valence-electron chi connectivity index (χ2n) is 6.24. The van der Waals surface area contributed by atoms with Crippen molar-refractivity contribution in [2.75, 3.05) is 10.6 Å². The Morgan fingerprint density at radius 3 is 1.88 bits per heavy atom. The van der Waals surface area contributed by atoms with E-state index in [9.17, 15) is 9.59 Å². The Kier molecular flexibility index (Phi) is 5.95. The largest absolute Gasteiger partial charge is 0.333 e. The maximum atomic E-state index is 12.0. The molecule has 2 aromatic rings. The lowest BCUT2D eigenvalue weighted by atomic mass is 9.98. The summed E-state index contributed by atoms with van der Waals surface area (Å²) in [5.41, 5.74) is 1.01. The molecule has 0 heterocycles. The highest BCUT2D eigenvalue weighted by molar-refractivity contribution is 5.91. The minimum Gasteiger partial charge on any atom is -0.333 e. The van der Waals surface area contributed by atoms with Gasteiger partial charge in [-0.3, -0.25) is 4.79 Å². The Bertz CT molecular complexity index is 670. The summed E-state index contributed by atoms with van der Waals surface area (Å²) in [7, 11) is 0. The van der Waals surface area contributed by atoms with Gasteiger partial charge in [-0.2, -0.15) is 0 Å². The van der Waals surface area contributed by atoms with E-state index in [4.69, 9.17) is 0 Å². The number of para-hydroxylation sites is 2. The van der Waals surface area contributed by atoms with Crippen molar-refractivity contribution >= 4 is 23.3 Å². The van der Waals surface area contributed by atoms with Gasteiger partial charge in [-0.05, 0) is 44.5 Å². The van der Waals surface area contributed by atoms with Gasteiger partial charge >= 0.3 is 6.03 Å². The van der Waals surface area contributed by atoms with Crippen molar-refractivity contribution < 1.29 is 9.59 Å². The summed E-state index contributed by atoms with van der Waals surface area (Å²) in [5, 5.41) is 8.51.